The van der Waals surface area contributed by atoms with E-state index in [4.69, 9.17) is 11.1 Å². The number of hydrogen-bond donors (Lipinski definition) is 2. The van der Waals surface area contributed by atoms with Crippen LogP contribution in [0.5, 0.6) is 0 Å². The summed E-state index contributed by atoms with van der Waals surface area (Å²) in [6.45, 7) is 1.91. The lowest BCUT2D eigenvalue weighted by Crippen LogP contribution is -2.10. The quantitative estimate of drug-likeness (QED) is 0.423. The highest BCUT2D eigenvalue weighted by Gasteiger charge is 1.91. The van der Waals surface area contributed by atoms with Gasteiger partial charge in [-0.2, -0.15) is 0 Å². The van der Waals surface area contributed by atoms with Gasteiger partial charge in [-0.25, -0.2) is 0 Å². The van der Waals surface area contributed by atoms with E-state index in [0.717, 1.165) is 0 Å². The third kappa shape index (κ3) is 4.56. The number of allylic oxidation sites excluding steroid dienone is 3. The van der Waals surface area contributed by atoms with E-state index in [2.05, 4.69) is 15.9 Å². The summed E-state index contributed by atoms with van der Waals surface area (Å²) in [7, 11) is 0. The summed E-state index contributed by atoms with van der Waals surface area (Å²) in [5.41, 5.74) is 5.97. The average Bonchev–Trinajstić information content (AvgIpc) is 1.97. The van der Waals surface area contributed by atoms with Crippen LogP contribution in [0.2, 0.25) is 0 Å². The van der Waals surface area contributed by atoms with Crippen LogP contribution in [0.4, 0.5) is 0 Å². The molecular formula is C8H11BrN2. The molecule has 0 saturated carbocycles. The summed E-state index contributed by atoms with van der Waals surface area (Å²) in [6.07, 6.45) is 7.22. The molecule has 0 rings (SSSR count). The molecule has 0 aliphatic rings. The van der Waals surface area contributed by atoms with Gasteiger partial charge in [-0.05, 0) is 18.0 Å². The Bertz CT molecular complexity index is 214. The molecule has 0 atom stereocenters. The molecule has 3 N–H and O–H groups in total. The molecule has 0 amide bonds. The molecule has 0 fully saturated rings. The Morgan fingerprint density at radius 3 is 2.55 bits per heavy atom. The summed E-state index contributed by atoms with van der Waals surface area (Å²) in [5, 5.41) is 7.14. The molecule has 0 aromatic heterocycles. The van der Waals surface area contributed by atoms with Gasteiger partial charge in [0.25, 0.3) is 0 Å². The summed E-state index contributed by atoms with van der Waals surface area (Å²) < 4.78 is 0. The zero-order chi connectivity index (χ0) is 8.69. The standard InChI is InChI=1S/C8H11BrN2/c1-2-3-4-7(5-6-9)8(10)11/h2-6H,1H3,(H3,10,11)/b3-2-,6-5+,7-4+. The summed E-state index contributed by atoms with van der Waals surface area (Å²) in [5.74, 6) is 0.0683. The van der Waals surface area contributed by atoms with Crippen molar-refractivity contribution < 1.29 is 0 Å². The molecule has 0 saturated heterocycles. The van der Waals surface area contributed by atoms with Crippen molar-refractivity contribution in [2.24, 2.45) is 5.73 Å². The van der Waals surface area contributed by atoms with Crippen LogP contribution >= 0.6 is 15.9 Å². The van der Waals surface area contributed by atoms with Gasteiger partial charge in [0.2, 0.25) is 0 Å². The number of halogens is 1. The number of nitrogens with one attached hydrogen (secondary N) is 1. The smallest absolute Gasteiger partial charge is 0.122 e. The topological polar surface area (TPSA) is 49.9 Å². The van der Waals surface area contributed by atoms with Crippen molar-refractivity contribution in [3.63, 3.8) is 0 Å². The van der Waals surface area contributed by atoms with E-state index in [1.165, 1.54) is 0 Å². The largest absolute Gasteiger partial charge is 0.384 e. The highest BCUT2D eigenvalue weighted by molar-refractivity contribution is 9.11. The molecule has 0 heterocycles. The van der Waals surface area contributed by atoms with Gasteiger partial charge in [-0.15, -0.1) is 0 Å². The molecule has 0 unspecified atom stereocenters. The number of nitrogens with two attached hydrogens (primary N) is 1. The summed E-state index contributed by atoms with van der Waals surface area (Å²) >= 11 is 3.11. The van der Waals surface area contributed by atoms with E-state index in [-0.39, 0.29) is 5.84 Å². The van der Waals surface area contributed by atoms with Crippen LogP contribution in [0.25, 0.3) is 0 Å². The van der Waals surface area contributed by atoms with E-state index in [9.17, 15) is 0 Å². The van der Waals surface area contributed by atoms with Crippen molar-refractivity contribution in [1.29, 1.82) is 5.41 Å². The minimum absolute atomic E-state index is 0.0683. The van der Waals surface area contributed by atoms with Crippen LogP contribution in [0.3, 0.4) is 0 Å². The molecule has 0 aliphatic heterocycles. The zero-order valence-corrected chi connectivity index (χ0v) is 7.93. The first-order chi connectivity index (χ1) is 5.22. The van der Waals surface area contributed by atoms with Crippen LogP contribution in [0.15, 0.2) is 34.9 Å². The fourth-order valence-corrected chi connectivity index (χ4v) is 0.788. The first kappa shape index (κ1) is 10.2. The average molecular weight is 215 g/mol. The number of amidine groups is 1. The predicted octanol–water partition coefficient (Wildman–Crippen LogP) is 2.33. The lowest BCUT2D eigenvalue weighted by molar-refractivity contribution is 1.43. The lowest BCUT2D eigenvalue weighted by Gasteiger charge is -1.94. The number of hydrogen-bond acceptors (Lipinski definition) is 1. The second-order valence-electron chi connectivity index (χ2n) is 1.85. The van der Waals surface area contributed by atoms with Gasteiger partial charge in [-0.3, -0.25) is 5.41 Å². The van der Waals surface area contributed by atoms with Crippen molar-refractivity contribution in [2.75, 3.05) is 0 Å². The molecule has 0 spiro atoms. The Hall–Kier alpha value is -0.830. The first-order valence-corrected chi connectivity index (χ1v) is 4.08. The maximum absolute atomic E-state index is 7.14. The maximum Gasteiger partial charge on any atom is 0.122 e. The van der Waals surface area contributed by atoms with E-state index >= 15 is 0 Å². The maximum atomic E-state index is 7.14. The van der Waals surface area contributed by atoms with Crippen molar-refractivity contribution >= 4 is 21.8 Å². The minimum atomic E-state index is 0.0683. The number of rotatable bonds is 3. The van der Waals surface area contributed by atoms with Crippen LogP contribution in [0, 0.1) is 5.41 Å². The molecule has 0 radical (unpaired) electrons. The third-order valence-corrected chi connectivity index (χ3v) is 1.29. The lowest BCUT2D eigenvalue weighted by atomic mass is 10.2. The monoisotopic (exact) mass is 214 g/mol. The molecule has 0 bridgehead atoms. The Kier molecular flexibility index (Phi) is 5.47. The predicted molar refractivity (Wildman–Crippen MR) is 52.9 cm³/mol. The van der Waals surface area contributed by atoms with Crippen molar-refractivity contribution in [1.82, 2.24) is 0 Å². The molecule has 11 heavy (non-hydrogen) atoms. The highest BCUT2D eigenvalue weighted by Crippen LogP contribution is 1.98. The van der Waals surface area contributed by atoms with Gasteiger partial charge in [0.15, 0.2) is 0 Å². The van der Waals surface area contributed by atoms with Gasteiger partial charge in [0.1, 0.15) is 5.84 Å². The van der Waals surface area contributed by atoms with Gasteiger partial charge < -0.3 is 5.73 Å². The molecule has 60 valence electrons. The van der Waals surface area contributed by atoms with E-state index in [1.807, 2.05) is 19.1 Å². The minimum Gasteiger partial charge on any atom is -0.384 e. The summed E-state index contributed by atoms with van der Waals surface area (Å²) in [4.78, 5) is 1.67. The summed E-state index contributed by atoms with van der Waals surface area (Å²) in [6, 6.07) is 0. The van der Waals surface area contributed by atoms with Crippen LogP contribution in [-0.4, -0.2) is 5.84 Å². The fourth-order valence-electron chi connectivity index (χ4n) is 0.503. The molecule has 2 nitrogen and oxygen atoms in total. The van der Waals surface area contributed by atoms with E-state index in [1.54, 1.807) is 17.1 Å². The van der Waals surface area contributed by atoms with E-state index < -0.39 is 0 Å². The van der Waals surface area contributed by atoms with Crippen molar-refractivity contribution in [3.05, 3.63) is 34.9 Å². The third-order valence-electron chi connectivity index (χ3n) is 1.02. The second kappa shape index (κ2) is 5.92. The molecule has 3 heteroatoms. The first-order valence-electron chi connectivity index (χ1n) is 3.16. The van der Waals surface area contributed by atoms with Crippen LogP contribution in [0.1, 0.15) is 6.92 Å². The van der Waals surface area contributed by atoms with Crippen molar-refractivity contribution in [3.8, 4) is 0 Å². The van der Waals surface area contributed by atoms with Gasteiger partial charge in [0, 0.05) is 5.57 Å². The van der Waals surface area contributed by atoms with Gasteiger partial charge >= 0.3 is 0 Å². The zero-order valence-electron chi connectivity index (χ0n) is 6.34. The highest BCUT2D eigenvalue weighted by atomic mass is 79.9. The normalized spacial score (nSPS) is 13.1. The second-order valence-corrected chi connectivity index (χ2v) is 2.38. The van der Waals surface area contributed by atoms with Crippen LogP contribution in [-0.2, 0) is 0 Å². The van der Waals surface area contributed by atoms with Gasteiger partial charge in [0.05, 0.1) is 0 Å². The fraction of sp³-hybridized carbons (Fsp3) is 0.125. The van der Waals surface area contributed by atoms with E-state index in [0.29, 0.717) is 5.57 Å². The molecule has 0 aromatic carbocycles. The Morgan fingerprint density at radius 1 is 1.55 bits per heavy atom. The Morgan fingerprint density at radius 2 is 2.18 bits per heavy atom. The molecule has 0 aromatic rings. The molecular weight excluding hydrogens is 204 g/mol. The Labute approximate surface area is 75.1 Å². The Balaban J connectivity index is 4.45. The van der Waals surface area contributed by atoms with Gasteiger partial charge in [-0.1, -0.05) is 34.2 Å². The van der Waals surface area contributed by atoms with Crippen LogP contribution < -0.4 is 5.73 Å². The SMILES string of the molecule is C\C=C/C=C(\C=C\Br)C(=N)N. The van der Waals surface area contributed by atoms with Crippen molar-refractivity contribution in [2.45, 2.75) is 6.92 Å². The molecule has 0 aliphatic carbocycles.